The third-order valence-electron chi connectivity index (χ3n) is 4.12. The smallest absolute Gasteiger partial charge is 0.0824 e. The van der Waals surface area contributed by atoms with Crippen molar-refractivity contribution in [2.45, 2.75) is 83.1 Å². The van der Waals surface area contributed by atoms with Crippen LogP contribution in [0.1, 0.15) is 83.1 Å². The number of hydrogen-bond donors (Lipinski definition) is 0. The molecule has 0 heterocycles. The Kier molecular flexibility index (Phi) is 6.98. The molecule has 1 rings (SSSR count). The van der Waals surface area contributed by atoms with Crippen LogP contribution in [0.4, 0.5) is 0 Å². The van der Waals surface area contributed by atoms with E-state index in [4.69, 9.17) is 0 Å². The van der Waals surface area contributed by atoms with Crippen LogP contribution in [0.3, 0.4) is 0 Å². The minimum Gasteiger partial charge on any atom is -0.0824 e. The van der Waals surface area contributed by atoms with Gasteiger partial charge in [-0.2, -0.15) is 0 Å². The van der Waals surface area contributed by atoms with Crippen LogP contribution < -0.4 is 0 Å². The van der Waals surface area contributed by atoms with Gasteiger partial charge >= 0.3 is 0 Å². The van der Waals surface area contributed by atoms with Crippen LogP contribution in [0.25, 0.3) is 0 Å². The normalized spacial score (nSPS) is 23.6. The highest BCUT2D eigenvalue weighted by molar-refractivity contribution is 5.38. The van der Waals surface area contributed by atoms with E-state index in [0.29, 0.717) is 0 Å². The van der Waals surface area contributed by atoms with E-state index in [1.807, 2.05) is 83.1 Å². The van der Waals surface area contributed by atoms with Crippen molar-refractivity contribution < 1.29 is 0 Å². The van der Waals surface area contributed by atoms with E-state index in [1.165, 1.54) is 0 Å². The van der Waals surface area contributed by atoms with Crippen LogP contribution in [0.5, 0.6) is 0 Å². The Morgan fingerprint density at radius 3 is 0.333 bits per heavy atom. The van der Waals surface area contributed by atoms with Gasteiger partial charge < -0.3 is 0 Å². The van der Waals surface area contributed by atoms with E-state index >= 15 is 0 Å². The predicted molar refractivity (Wildman–Crippen MR) is 129 cm³/mol. The maximum Gasteiger partial charge on any atom is 0.0863 e. The Hall–Kier alpha value is -2.64. The number of rotatable bonds is 0. The zero-order chi connectivity index (χ0) is 23.5. The van der Waals surface area contributed by atoms with Crippen LogP contribution in [-0.2, 0) is 0 Å². The molecule has 0 aromatic heterocycles. The van der Waals surface area contributed by atoms with Crippen molar-refractivity contribution in [3.05, 3.63) is 0 Å². The van der Waals surface area contributed by atoms with E-state index in [0.717, 1.165) is 0 Å². The fourth-order valence-corrected chi connectivity index (χ4v) is 2.06. The lowest BCUT2D eigenvalue weighted by Crippen LogP contribution is -2.15. The first-order chi connectivity index (χ1) is 13.2. The number of hydrogen-bond acceptors (Lipinski definition) is 0. The first kappa shape index (κ1) is 25.4. The van der Waals surface area contributed by atoms with Crippen molar-refractivity contribution >= 4 is 0 Å². The molecular formula is C30H36. The molecular weight excluding hydrogens is 360 g/mol. The van der Waals surface area contributed by atoms with E-state index in [1.54, 1.807) is 0 Å². The lowest BCUT2D eigenvalue weighted by Gasteiger charge is -2.17. The Morgan fingerprint density at radius 1 is 0.200 bits per heavy atom. The Balaban J connectivity index is 3.69. The van der Waals surface area contributed by atoms with Gasteiger partial charge in [-0.25, -0.2) is 0 Å². The lowest BCUT2D eigenvalue weighted by molar-refractivity contribution is 0.625. The fraction of sp³-hybridized carbons (Fsp3) is 0.600. The topological polar surface area (TPSA) is 0 Å². The zero-order valence-electron chi connectivity index (χ0n) is 21.0. The quantitative estimate of drug-likeness (QED) is 0.429. The fourth-order valence-electron chi connectivity index (χ4n) is 2.06. The molecule has 0 aromatic carbocycles. The van der Waals surface area contributed by atoms with Gasteiger partial charge in [0.1, 0.15) is 0 Å². The molecule has 0 aromatic rings. The molecule has 30 heavy (non-hydrogen) atoms. The zero-order valence-corrected chi connectivity index (χ0v) is 21.0. The summed E-state index contributed by atoms with van der Waals surface area (Å²) in [5.74, 6) is 39.8. The Bertz CT molecular complexity index is 766. The van der Waals surface area contributed by atoms with Crippen LogP contribution in [0.15, 0.2) is 0 Å². The van der Waals surface area contributed by atoms with Gasteiger partial charge in [-0.3, -0.25) is 0 Å². The first-order valence-corrected chi connectivity index (χ1v) is 10.5. The Morgan fingerprint density at radius 2 is 0.267 bits per heavy atom. The van der Waals surface area contributed by atoms with Gasteiger partial charge in [-0.05, 0) is 83.1 Å². The molecule has 0 nitrogen and oxygen atoms in total. The van der Waals surface area contributed by atoms with Gasteiger partial charge in [0.15, 0.2) is 0 Å². The minimum atomic E-state index is -0.446. The van der Waals surface area contributed by atoms with Gasteiger partial charge in [-0.15, -0.1) is 0 Å². The molecule has 0 radical (unpaired) electrons. The largest absolute Gasteiger partial charge is 0.0863 e. The standard InChI is InChI=1S/C30H36/c1-25(2)13-15-26(3,4)17-19-28(7,8)21-23-30(11,12)24-22-29(9,10)20-18-27(5,6)16-14-25/h1-12H3. The second kappa shape index (κ2) is 8.24. The maximum absolute atomic E-state index is 3.32. The highest BCUT2D eigenvalue weighted by Gasteiger charge is 2.20. The molecule has 0 saturated carbocycles. The molecule has 0 N–H and O–H groups in total. The van der Waals surface area contributed by atoms with Crippen LogP contribution >= 0.6 is 0 Å². The summed E-state index contributed by atoms with van der Waals surface area (Å²) in [6, 6.07) is 0. The predicted octanol–water partition coefficient (Wildman–Crippen LogP) is 6.18. The maximum atomic E-state index is 3.32. The molecule has 0 atom stereocenters. The van der Waals surface area contributed by atoms with Crippen LogP contribution in [0.2, 0.25) is 0 Å². The average molecular weight is 397 g/mol. The van der Waals surface area contributed by atoms with Crippen molar-refractivity contribution in [1.29, 1.82) is 0 Å². The molecule has 0 aliphatic heterocycles. The summed E-state index contributed by atoms with van der Waals surface area (Å²) in [7, 11) is 0. The van der Waals surface area contributed by atoms with E-state index in [-0.39, 0.29) is 0 Å². The van der Waals surface area contributed by atoms with Gasteiger partial charge in [0.2, 0.25) is 0 Å². The van der Waals surface area contributed by atoms with Crippen LogP contribution in [-0.4, -0.2) is 0 Å². The summed E-state index contributed by atoms with van der Waals surface area (Å²) in [5, 5.41) is 0. The van der Waals surface area contributed by atoms with Crippen molar-refractivity contribution in [3.8, 4) is 71.0 Å². The lowest BCUT2D eigenvalue weighted by atomic mass is 9.84. The van der Waals surface area contributed by atoms with Crippen molar-refractivity contribution in [2.75, 3.05) is 0 Å². The third kappa shape index (κ3) is 9.71. The third-order valence-corrected chi connectivity index (χ3v) is 4.12. The summed E-state index contributed by atoms with van der Waals surface area (Å²) in [4.78, 5) is 0. The van der Waals surface area contributed by atoms with E-state index < -0.39 is 32.5 Å². The summed E-state index contributed by atoms with van der Waals surface area (Å²) < 4.78 is 0. The minimum absolute atomic E-state index is 0.446. The van der Waals surface area contributed by atoms with Crippen LogP contribution in [0, 0.1) is 104 Å². The van der Waals surface area contributed by atoms with E-state index in [2.05, 4.69) is 71.0 Å². The van der Waals surface area contributed by atoms with Crippen molar-refractivity contribution in [1.82, 2.24) is 0 Å². The molecule has 156 valence electrons. The second-order valence-corrected chi connectivity index (χ2v) is 11.2. The molecule has 1 aliphatic carbocycles. The molecule has 0 spiro atoms. The SMILES string of the molecule is CC1(C)C#CC(C)(C)C#CC(C)(C)C#CC(C)(C)C#CC(C)(C)C#CC(C)(C)C#C1. The van der Waals surface area contributed by atoms with Gasteiger partial charge in [0.25, 0.3) is 0 Å². The summed E-state index contributed by atoms with van der Waals surface area (Å²) in [6.07, 6.45) is 0. The molecule has 0 fully saturated rings. The molecule has 0 unspecified atom stereocenters. The summed E-state index contributed by atoms with van der Waals surface area (Å²) in [6.45, 7) is 24.4. The molecule has 1 aliphatic rings. The second-order valence-electron chi connectivity index (χ2n) is 11.2. The van der Waals surface area contributed by atoms with Gasteiger partial charge in [-0.1, -0.05) is 71.0 Å². The molecule has 0 amide bonds. The summed E-state index contributed by atoms with van der Waals surface area (Å²) >= 11 is 0. The molecule has 0 bridgehead atoms. The first-order valence-electron chi connectivity index (χ1n) is 10.5. The Labute approximate surface area is 186 Å². The van der Waals surface area contributed by atoms with Crippen molar-refractivity contribution in [3.63, 3.8) is 0 Å². The average Bonchev–Trinajstić information content (AvgIpc) is 2.60. The molecule has 0 saturated heterocycles. The highest BCUT2D eigenvalue weighted by Crippen LogP contribution is 2.23. The highest BCUT2D eigenvalue weighted by atomic mass is 14.2. The van der Waals surface area contributed by atoms with Crippen molar-refractivity contribution in [2.24, 2.45) is 32.5 Å². The van der Waals surface area contributed by atoms with Gasteiger partial charge in [0, 0.05) is 0 Å². The monoisotopic (exact) mass is 396 g/mol. The van der Waals surface area contributed by atoms with E-state index in [9.17, 15) is 0 Å². The summed E-state index contributed by atoms with van der Waals surface area (Å²) in [5.41, 5.74) is -2.68. The molecule has 0 heteroatoms. The van der Waals surface area contributed by atoms with Gasteiger partial charge in [0.05, 0.1) is 32.5 Å².